The summed E-state index contributed by atoms with van der Waals surface area (Å²) < 4.78 is 36.4. The number of carbonyl (C=O) groups is 2. The van der Waals surface area contributed by atoms with Crippen LogP contribution in [0.5, 0.6) is 5.75 Å². The molecular weight excluding hydrogens is 398 g/mol. The highest BCUT2D eigenvalue weighted by Crippen LogP contribution is 2.15. The van der Waals surface area contributed by atoms with E-state index in [-0.39, 0.29) is 4.90 Å². The summed E-state index contributed by atoms with van der Waals surface area (Å²) in [4.78, 5) is 23.9. The first-order chi connectivity index (χ1) is 13.7. The van der Waals surface area contributed by atoms with Crippen LogP contribution in [0, 0.1) is 11.3 Å². The number of amides is 1. The van der Waals surface area contributed by atoms with Gasteiger partial charge in [0.05, 0.1) is 23.6 Å². The van der Waals surface area contributed by atoms with E-state index in [2.05, 4.69) is 10.0 Å². The molecule has 0 unspecified atom stereocenters. The van der Waals surface area contributed by atoms with Crippen molar-refractivity contribution in [2.75, 3.05) is 19.0 Å². The highest BCUT2D eigenvalue weighted by atomic mass is 32.2. The zero-order valence-corrected chi connectivity index (χ0v) is 16.5. The van der Waals surface area contributed by atoms with Gasteiger partial charge in [-0.25, -0.2) is 8.42 Å². The van der Waals surface area contributed by atoms with E-state index >= 15 is 0 Å². The first-order valence-electron chi connectivity index (χ1n) is 8.39. The number of nitrogens with zero attached hydrogens (tertiary/aromatic N) is 1. The standard InChI is InChI=1S/C19H19N3O6S/c1-13(19(24)22-15-5-7-16(27-2)8-6-15)28-18(23)12-21-29(25,26)17-9-3-14(11-20)4-10-17/h3-10,13,21H,12H2,1-2H3,(H,22,24)/t13-/m1/s1. The minimum Gasteiger partial charge on any atom is -0.497 e. The predicted molar refractivity (Wildman–Crippen MR) is 104 cm³/mol. The van der Waals surface area contributed by atoms with Gasteiger partial charge in [0.2, 0.25) is 10.0 Å². The third kappa shape index (κ3) is 6.31. The Morgan fingerprint density at radius 3 is 2.28 bits per heavy atom. The van der Waals surface area contributed by atoms with E-state index in [0.29, 0.717) is 17.0 Å². The van der Waals surface area contributed by atoms with Gasteiger partial charge in [-0.15, -0.1) is 0 Å². The molecule has 2 rings (SSSR count). The normalized spacial score (nSPS) is 11.8. The van der Waals surface area contributed by atoms with E-state index in [1.807, 2.05) is 6.07 Å². The van der Waals surface area contributed by atoms with Gasteiger partial charge in [-0.3, -0.25) is 9.59 Å². The largest absolute Gasteiger partial charge is 0.497 e. The molecule has 0 bridgehead atoms. The number of hydrogen-bond acceptors (Lipinski definition) is 7. The zero-order chi connectivity index (χ0) is 21.4. The summed E-state index contributed by atoms with van der Waals surface area (Å²) in [6.45, 7) is 0.717. The van der Waals surface area contributed by atoms with Crippen molar-refractivity contribution in [1.29, 1.82) is 5.26 Å². The third-order valence-electron chi connectivity index (χ3n) is 3.74. The smallest absolute Gasteiger partial charge is 0.321 e. The van der Waals surface area contributed by atoms with Crippen LogP contribution in [-0.4, -0.2) is 40.1 Å². The molecule has 0 aliphatic heterocycles. The molecule has 2 aromatic rings. The van der Waals surface area contributed by atoms with Gasteiger partial charge in [-0.05, 0) is 55.5 Å². The molecule has 0 saturated carbocycles. The van der Waals surface area contributed by atoms with Gasteiger partial charge >= 0.3 is 5.97 Å². The molecule has 9 nitrogen and oxygen atoms in total. The molecule has 0 saturated heterocycles. The molecule has 2 N–H and O–H groups in total. The van der Waals surface area contributed by atoms with Crippen LogP contribution >= 0.6 is 0 Å². The van der Waals surface area contributed by atoms with E-state index in [1.54, 1.807) is 24.3 Å². The number of hydrogen-bond donors (Lipinski definition) is 2. The molecule has 0 aliphatic rings. The van der Waals surface area contributed by atoms with Gasteiger partial charge in [0.1, 0.15) is 12.3 Å². The van der Waals surface area contributed by atoms with Crippen molar-refractivity contribution in [1.82, 2.24) is 4.72 Å². The lowest BCUT2D eigenvalue weighted by Crippen LogP contribution is -2.35. The number of ether oxygens (including phenoxy) is 2. The van der Waals surface area contributed by atoms with Gasteiger partial charge in [-0.1, -0.05) is 0 Å². The van der Waals surface area contributed by atoms with Crippen molar-refractivity contribution in [2.45, 2.75) is 17.9 Å². The quantitative estimate of drug-likeness (QED) is 0.620. The number of sulfonamides is 1. The Morgan fingerprint density at radius 1 is 1.10 bits per heavy atom. The van der Waals surface area contributed by atoms with Crippen molar-refractivity contribution < 1.29 is 27.5 Å². The summed E-state index contributed by atoms with van der Waals surface area (Å²) in [5.41, 5.74) is 0.792. The molecule has 1 atom stereocenters. The van der Waals surface area contributed by atoms with Crippen LogP contribution in [0.15, 0.2) is 53.4 Å². The Balaban J connectivity index is 1.86. The topological polar surface area (TPSA) is 135 Å². The second-order valence-electron chi connectivity index (χ2n) is 5.81. The second kappa shape index (κ2) is 9.68. The maximum Gasteiger partial charge on any atom is 0.321 e. The number of carbonyl (C=O) groups excluding carboxylic acids is 2. The summed E-state index contributed by atoms with van der Waals surface area (Å²) in [7, 11) is -2.45. The Bertz CT molecular complexity index is 1010. The lowest BCUT2D eigenvalue weighted by molar-refractivity contribution is -0.151. The highest BCUT2D eigenvalue weighted by Gasteiger charge is 2.20. The van der Waals surface area contributed by atoms with Crippen molar-refractivity contribution in [2.24, 2.45) is 0 Å². The first-order valence-corrected chi connectivity index (χ1v) is 9.87. The number of anilines is 1. The lowest BCUT2D eigenvalue weighted by Gasteiger charge is -2.14. The molecule has 29 heavy (non-hydrogen) atoms. The molecular formula is C19H19N3O6S. The van der Waals surface area contributed by atoms with Crippen molar-refractivity contribution in [3.8, 4) is 11.8 Å². The van der Waals surface area contributed by atoms with Crippen LogP contribution in [-0.2, 0) is 24.3 Å². The summed E-state index contributed by atoms with van der Waals surface area (Å²) in [6.07, 6.45) is -1.14. The predicted octanol–water partition coefficient (Wildman–Crippen LogP) is 1.42. The molecule has 10 heteroatoms. The van der Waals surface area contributed by atoms with Crippen molar-refractivity contribution in [3.63, 3.8) is 0 Å². The van der Waals surface area contributed by atoms with Gasteiger partial charge in [0, 0.05) is 5.69 Å². The van der Waals surface area contributed by atoms with E-state index in [1.165, 1.54) is 38.3 Å². The molecule has 0 fully saturated rings. The zero-order valence-electron chi connectivity index (χ0n) is 15.7. The van der Waals surface area contributed by atoms with Crippen molar-refractivity contribution >= 4 is 27.6 Å². The first kappa shape index (κ1) is 21.9. The van der Waals surface area contributed by atoms with Gasteiger partial charge < -0.3 is 14.8 Å². The van der Waals surface area contributed by atoms with Crippen LogP contribution in [0.2, 0.25) is 0 Å². The number of methoxy groups -OCH3 is 1. The SMILES string of the molecule is COc1ccc(NC(=O)[C@@H](C)OC(=O)CNS(=O)(=O)c2ccc(C#N)cc2)cc1. The van der Waals surface area contributed by atoms with Crippen LogP contribution in [0.3, 0.4) is 0 Å². The van der Waals surface area contributed by atoms with Crippen LogP contribution in [0.1, 0.15) is 12.5 Å². The average molecular weight is 417 g/mol. The maximum atomic E-state index is 12.2. The monoisotopic (exact) mass is 417 g/mol. The number of esters is 1. The Morgan fingerprint density at radius 2 is 1.72 bits per heavy atom. The molecule has 152 valence electrons. The fraction of sp³-hybridized carbons (Fsp3) is 0.211. The molecule has 0 spiro atoms. The fourth-order valence-electron chi connectivity index (χ4n) is 2.16. The molecule has 0 aromatic heterocycles. The lowest BCUT2D eigenvalue weighted by atomic mass is 10.2. The summed E-state index contributed by atoms with van der Waals surface area (Å²) in [6, 6.07) is 13.6. The summed E-state index contributed by atoms with van der Waals surface area (Å²) in [5, 5.41) is 11.3. The number of benzene rings is 2. The maximum absolute atomic E-state index is 12.2. The highest BCUT2D eigenvalue weighted by molar-refractivity contribution is 7.89. The molecule has 2 aromatic carbocycles. The minimum absolute atomic E-state index is 0.102. The van der Waals surface area contributed by atoms with Crippen LogP contribution < -0.4 is 14.8 Å². The number of nitrogens with one attached hydrogen (secondary N) is 2. The average Bonchev–Trinajstić information content (AvgIpc) is 2.73. The minimum atomic E-state index is -3.96. The summed E-state index contributed by atoms with van der Waals surface area (Å²) in [5.74, 6) is -0.866. The fourth-order valence-corrected chi connectivity index (χ4v) is 3.13. The Hall–Kier alpha value is -3.42. The Labute approximate surface area is 168 Å². The number of nitriles is 1. The molecule has 0 radical (unpaired) electrons. The van der Waals surface area contributed by atoms with E-state index in [9.17, 15) is 18.0 Å². The van der Waals surface area contributed by atoms with Gasteiger partial charge in [-0.2, -0.15) is 9.98 Å². The van der Waals surface area contributed by atoms with E-state index < -0.39 is 34.5 Å². The van der Waals surface area contributed by atoms with Crippen molar-refractivity contribution in [3.05, 3.63) is 54.1 Å². The molecule has 1 amide bonds. The van der Waals surface area contributed by atoms with Crippen LogP contribution in [0.25, 0.3) is 0 Å². The van der Waals surface area contributed by atoms with Crippen LogP contribution in [0.4, 0.5) is 5.69 Å². The van der Waals surface area contributed by atoms with Gasteiger partial charge in [0.15, 0.2) is 6.10 Å². The Kier molecular flexibility index (Phi) is 7.30. The number of rotatable bonds is 8. The molecule has 0 aliphatic carbocycles. The van der Waals surface area contributed by atoms with Gasteiger partial charge in [0.25, 0.3) is 5.91 Å². The summed E-state index contributed by atoms with van der Waals surface area (Å²) >= 11 is 0. The second-order valence-corrected chi connectivity index (χ2v) is 7.58. The van der Waals surface area contributed by atoms with E-state index in [0.717, 1.165) is 0 Å². The van der Waals surface area contributed by atoms with E-state index in [4.69, 9.17) is 14.7 Å². The third-order valence-corrected chi connectivity index (χ3v) is 5.15. The molecule has 0 heterocycles.